The standard InChI is InChI=1S/C23H30N2O3/c1-23(2,3)28-21(26)17-25(16-15-24(4)5)22(27)20-13-11-19(12-14-20)18-9-7-6-8-10-18/h6-14H,15-17H2,1-5H3. The van der Waals surface area contributed by atoms with Crippen LogP contribution in [0.25, 0.3) is 11.1 Å². The number of esters is 1. The van der Waals surface area contributed by atoms with Crippen molar-refractivity contribution in [3.05, 3.63) is 60.2 Å². The van der Waals surface area contributed by atoms with Gasteiger partial charge in [0.15, 0.2) is 0 Å². The second-order valence-electron chi connectivity index (χ2n) is 8.06. The molecule has 0 aliphatic rings. The molecule has 5 heteroatoms. The molecule has 0 radical (unpaired) electrons. The molecule has 0 atom stereocenters. The SMILES string of the molecule is CN(C)CCN(CC(=O)OC(C)(C)C)C(=O)c1ccc(-c2ccccc2)cc1. The van der Waals surface area contributed by atoms with Crippen LogP contribution in [0.15, 0.2) is 54.6 Å². The van der Waals surface area contributed by atoms with Crippen LogP contribution in [0.3, 0.4) is 0 Å². The Morgan fingerprint density at radius 1 is 0.857 bits per heavy atom. The summed E-state index contributed by atoms with van der Waals surface area (Å²) in [6.45, 7) is 6.50. The number of benzene rings is 2. The average Bonchev–Trinajstić information content (AvgIpc) is 2.64. The summed E-state index contributed by atoms with van der Waals surface area (Å²) in [5, 5.41) is 0. The van der Waals surface area contributed by atoms with Crippen molar-refractivity contribution in [2.45, 2.75) is 26.4 Å². The summed E-state index contributed by atoms with van der Waals surface area (Å²) in [6, 6.07) is 17.5. The highest BCUT2D eigenvalue weighted by Gasteiger charge is 2.23. The van der Waals surface area contributed by atoms with Gasteiger partial charge in [-0.3, -0.25) is 9.59 Å². The predicted molar refractivity (Wildman–Crippen MR) is 112 cm³/mol. The number of carbonyl (C=O) groups is 2. The van der Waals surface area contributed by atoms with E-state index in [9.17, 15) is 9.59 Å². The lowest BCUT2D eigenvalue weighted by atomic mass is 10.0. The van der Waals surface area contributed by atoms with E-state index in [1.807, 2.05) is 94.4 Å². The van der Waals surface area contributed by atoms with Gasteiger partial charge in [-0.2, -0.15) is 0 Å². The zero-order valence-corrected chi connectivity index (χ0v) is 17.4. The molecule has 1 amide bonds. The Bertz CT molecular complexity index is 778. The molecule has 2 aromatic carbocycles. The van der Waals surface area contributed by atoms with E-state index in [0.717, 1.165) is 11.1 Å². The third kappa shape index (κ3) is 6.82. The van der Waals surface area contributed by atoms with E-state index >= 15 is 0 Å². The molecule has 0 aromatic heterocycles. The van der Waals surface area contributed by atoms with E-state index in [4.69, 9.17) is 4.74 Å². The number of amides is 1. The molecule has 0 aliphatic carbocycles. The van der Waals surface area contributed by atoms with Gasteiger partial charge in [0.25, 0.3) is 5.91 Å². The van der Waals surface area contributed by atoms with Crippen LogP contribution < -0.4 is 0 Å². The van der Waals surface area contributed by atoms with Crippen LogP contribution in [0, 0.1) is 0 Å². The Balaban J connectivity index is 2.15. The van der Waals surface area contributed by atoms with E-state index in [1.165, 1.54) is 0 Å². The molecule has 0 heterocycles. The number of carbonyl (C=O) groups excluding carboxylic acids is 2. The minimum absolute atomic E-state index is 0.0651. The Morgan fingerprint density at radius 3 is 1.96 bits per heavy atom. The Labute approximate surface area is 167 Å². The normalized spacial score (nSPS) is 11.4. The fraction of sp³-hybridized carbons (Fsp3) is 0.391. The Kier molecular flexibility index (Phi) is 7.35. The molecule has 28 heavy (non-hydrogen) atoms. The van der Waals surface area contributed by atoms with Gasteiger partial charge in [-0.15, -0.1) is 0 Å². The monoisotopic (exact) mass is 382 g/mol. The van der Waals surface area contributed by atoms with Gasteiger partial charge in [0.1, 0.15) is 12.1 Å². The highest BCUT2D eigenvalue weighted by atomic mass is 16.6. The molecular formula is C23H30N2O3. The van der Waals surface area contributed by atoms with E-state index in [1.54, 1.807) is 4.90 Å². The van der Waals surface area contributed by atoms with Crippen molar-refractivity contribution in [3.8, 4) is 11.1 Å². The maximum atomic E-state index is 13.0. The molecule has 0 saturated heterocycles. The van der Waals surface area contributed by atoms with Gasteiger partial charge in [0, 0.05) is 18.7 Å². The van der Waals surface area contributed by atoms with Crippen molar-refractivity contribution in [3.63, 3.8) is 0 Å². The third-order valence-electron chi connectivity index (χ3n) is 4.08. The Morgan fingerprint density at radius 2 is 1.43 bits per heavy atom. The van der Waals surface area contributed by atoms with Crippen LogP contribution in [0.5, 0.6) is 0 Å². The molecule has 0 fully saturated rings. The minimum Gasteiger partial charge on any atom is -0.459 e. The summed E-state index contributed by atoms with van der Waals surface area (Å²) in [5.74, 6) is -0.576. The van der Waals surface area contributed by atoms with E-state index in [-0.39, 0.29) is 12.5 Å². The number of hydrogen-bond acceptors (Lipinski definition) is 4. The smallest absolute Gasteiger partial charge is 0.326 e. The molecular weight excluding hydrogens is 352 g/mol. The predicted octanol–water partition coefficient (Wildman–Crippen LogP) is 3.70. The van der Waals surface area contributed by atoms with Crippen molar-refractivity contribution in [1.82, 2.24) is 9.80 Å². The van der Waals surface area contributed by atoms with Gasteiger partial charge in [0.05, 0.1) is 0 Å². The van der Waals surface area contributed by atoms with Crippen LogP contribution in [-0.4, -0.2) is 61.0 Å². The lowest BCUT2D eigenvalue weighted by Gasteiger charge is -2.26. The first-order chi connectivity index (χ1) is 13.2. The van der Waals surface area contributed by atoms with Gasteiger partial charge < -0.3 is 14.5 Å². The van der Waals surface area contributed by atoms with E-state index in [0.29, 0.717) is 18.7 Å². The largest absolute Gasteiger partial charge is 0.459 e. The lowest BCUT2D eigenvalue weighted by Crippen LogP contribution is -2.42. The number of hydrogen-bond donors (Lipinski definition) is 0. The third-order valence-corrected chi connectivity index (χ3v) is 4.08. The average molecular weight is 383 g/mol. The van der Waals surface area contributed by atoms with Crippen LogP contribution in [0.2, 0.25) is 0 Å². The molecule has 0 bridgehead atoms. The van der Waals surface area contributed by atoms with E-state index < -0.39 is 11.6 Å². The lowest BCUT2D eigenvalue weighted by molar-refractivity contribution is -0.155. The topological polar surface area (TPSA) is 49.9 Å². The van der Waals surface area contributed by atoms with Crippen LogP contribution in [-0.2, 0) is 9.53 Å². The molecule has 2 rings (SSSR count). The van der Waals surface area contributed by atoms with Crippen molar-refractivity contribution in [2.24, 2.45) is 0 Å². The number of rotatable bonds is 7. The molecule has 0 N–H and O–H groups in total. The maximum Gasteiger partial charge on any atom is 0.326 e. The Hall–Kier alpha value is -2.66. The van der Waals surface area contributed by atoms with Gasteiger partial charge in [0.2, 0.25) is 0 Å². The second kappa shape index (κ2) is 9.51. The van der Waals surface area contributed by atoms with Crippen molar-refractivity contribution in [1.29, 1.82) is 0 Å². The van der Waals surface area contributed by atoms with Gasteiger partial charge in [-0.25, -0.2) is 0 Å². The van der Waals surface area contributed by atoms with Gasteiger partial charge in [-0.1, -0.05) is 42.5 Å². The highest BCUT2D eigenvalue weighted by molar-refractivity contribution is 5.96. The van der Waals surface area contributed by atoms with Crippen LogP contribution in [0.4, 0.5) is 0 Å². The van der Waals surface area contributed by atoms with Gasteiger partial charge in [-0.05, 0) is 58.1 Å². The summed E-state index contributed by atoms with van der Waals surface area (Å²) in [7, 11) is 3.87. The zero-order valence-electron chi connectivity index (χ0n) is 17.4. The first-order valence-electron chi connectivity index (χ1n) is 9.47. The summed E-state index contributed by atoms with van der Waals surface area (Å²) in [6.07, 6.45) is 0. The fourth-order valence-corrected chi connectivity index (χ4v) is 2.72. The summed E-state index contributed by atoms with van der Waals surface area (Å²) in [4.78, 5) is 28.8. The second-order valence-corrected chi connectivity index (χ2v) is 8.06. The van der Waals surface area contributed by atoms with Crippen LogP contribution >= 0.6 is 0 Å². The van der Waals surface area contributed by atoms with E-state index in [2.05, 4.69) is 0 Å². The molecule has 0 saturated carbocycles. The summed E-state index contributed by atoms with van der Waals surface area (Å²) >= 11 is 0. The number of likely N-dealkylation sites (N-methyl/N-ethyl adjacent to an activating group) is 1. The number of ether oxygens (including phenoxy) is 1. The molecule has 0 spiro atoms. The first-order valence-corrected chi connectivity index (χ1v) is 9.47. The minimum atomic E-state index is -0.579. The van der Waals surface area contributed by atoms with Gasteiger partial charge >= 0.3 is 5.97 Å². The van der Waals surface area contributed by atoms with Crippen molar-refractivity contribution < 1.29 is 14.3 Å². The quantitative estimate of drug-likeness (QED) is 0.685. The molecule has 2 aromatic rings. The highest BCUT2D eigenvalue weighted by Crippen LogP contribution is 2.20. The summed E-state index contributed by atoms with van der Waals surface area (Å²) < 4.78 is 5.39. The molecule has 150 valence electrons. The molecule has 0 unspecified atom stereocenters. The summed E-state index contributed by atoms with van der Waals surface area (Å²) in [5.41, 5.74) is 2.12. The molecule has 5 nitrogen and oxygen atoms in total. The van der Waals surface area contributed by atoms with Crippen molar-refractivity contribution >= 4 is 11.9 Å². The number of nitrogens with zero attached hydrogens (tertiary/aromatic N) is 2. The first kappa shape index (κ1) is 21.6. The van der Waals surface area contributed by atoms with Crippen molar-refractivity contribution in [2.75, 3.05) is 33.7 Å². The molecule has 0 aliphatic heterocycles. The zero-order chi connectivity index (χ0) is 20.7. The maximum absolute atomic E-state index is 13.0. The van der Waals surface area contributed by atoms with Crippen LogP contribution in [0.1, 0.15) is 31.1 Å². The fourth-order valence-electron chi connectivity index (χ4n) is 2.72.